The molecular formula is C20H21N5O3. The van der Waals surface area contributed by atoms with Crippen molar-refractivity contribution >= 4 is 17.6 Å². The number of anilines is 1. The molecule has 1 amide bonds. The fourth-order valence-corrected chi connectivity index (χ4v) is 2.47. The Bertz CT molecular complexity index is 919. The van der Waals surface area contributed by atoms with Crippen LogP contribution < -0.4 is 10.2 Å². The van der Waals surface area contributed by atoms with Crippen molar-refractivity contribution in [3.63, 3.8) is 0 Å². The summed E-state index contributed by atoms with van der Waals surface area (Å²) in [6, 6.07) is 14.5. The van der Waals surface area contributed by atoms with E-state index in [0.29, 0.717) is 12.1 Å². The van der Waals surface area contributed by atoms with Crippen LogP contribution in [0.3, 0.4) is 0 Å². The minimum atomic E-state index is -0.560. The molecule has 0 radical (unpaired) electrons. The van der Waals surface area contributed by atoms with Gasteiger partial charge in [-0.25, -0.2) is 14.5 Å². The number of hydrogen-bond donors (Lipinski definition) is 1. The lowest BCUT2D eigenvalue weighted by Crippen LogP contribution is -2.28. The van der Waals surface area contributed by atoms with Gasteiger partial charge in [-0.2, -0.15) is 5.10 Å². The number of ether oxygens (including phenoxy) is 1. The average molecular weight is 379 g/mol. The van der Waals surface area contributed by atoms with Crippen LogP contribution in [-0.2, 0) is 16.1 Å². The second kappa shape index (κ2) is 8.81. The van der Waals surface area contributed by atoms with Gasteiger partial charge in [0.15, 0.2) is 6.61 Å². The third-order valence-corrected chi connectivity index (χ3v) is 4.06. The molecule has 0 saturated heterocycles. The molecule has 0 aliphatic carbocycles. The molecule has 0 bridgehead atoms. The van der Waals surface area contributed by atoms with Crippen molar-refractivity contribution in [1.29, 1.82) is 0 Å². The maximum absolute atomic E-state index is 12.1. The van der Waals surface area contributed by atoms with E-state index in [1.165, 1.54) is 6.33 Å². The highest BCUT2D eigenvalue weighted by Crippen LogP contribution is 2.12. The van der Waals surface area contributed by atoms with Gasteiger partial charge in [0.05, 0.1) is 11.3 Å². The van der Waals surface area contributed by atoms with Crippen LogP contribution in [-0.4, -0.2) is 47.3 Å². The van der Waals surface area contributed by atoms with Crippen LogP contribution in [0.4, 0.5) is 5.69 Å². The molecule has 0 atom stereocenters. The molecule has 3 aromatic rings. The highest BCUT2D eigenvalue weighted by atomic mass is 16.5. The van der Waals surface area contributed by atoms with Crippen molar-refractivity contribution < 1.29 is 14.3 Å². The third-order valence-electron chi connectivity index (χ3n) is 4.06. The second-order valence-electron chi connectivity index (χ2n) is 6.30. The molecule has 144 valence electrons. The van der Waals surface area contributed by atoms with Gasteiger partial charge in [-0.05, 0) is 42.0 Å². The molecule has 28 heavy (non-hydrogen) atoms. The van der Waals surface area contributed by atoms with E-state index in [9.17, 15) is 9.59 Å². The summed E-state index contributed by atoms with van der Waals surface area (Å²) >= 11 is 0. The van der Waals surface area contributed by atoms with Crippen LogP contribution in [0, 0.1) is 0 Å². The standard InChI is InChI=1S/C20H21N5O3/c1-24(2)17-7-3-15(4-8-17)11-22-19(26)12-28-20(27)16-5-9-18(10-6-16)25-14-21-13-23-25/h3-10,13-14H,11-12H2,1-2H3,(H,22,26). The van der Waals surface area contributed by atoms with Crippen molar-refractivity contribution in [3.05, 3.63) is 72.3 Å². The zero-order valence-corrected chi connectivity index (χ0v) is 15.7. The van der Waals surface area contributed by atoms with Crippen LogP contribution in [0.2, 0.25) is 0 Å². The molecule has 0 fully saturated rings. The lowest BCUT2D eigenvalue weighted by atomic mass is 10.2. The topological polar surface area (TPSA) is 89.4 Å². The minimum absolute atomic E-state index is 0.334. The Hall–Kier alpha value is -3.68. The number of nitrogens with one attached hydrogen (secondary N) is 1. The van der Waals surface area contributed by atoms with Crippen LogP contribution in [0.5, 0.6) is 0 Å². The molecule has 0 unspecified atom stereocenters. The van der Waals surface area contributed by atoms with Crippen molar-refractivity contribution in [3.8, 4) is 5.69 Å². The molecule has 0 aliphatic rings. The van der Waals surface area contributed by atoms with E-state index in [0.717, 1.165) is 16.9 Å². The van der Waals surface area contributed by atoms with Crippen LogP contribution in [0.1, 0.15) is 15.9 Å². The normalized spacial score (nSPS) is 10.4. The van der Waals surface area contributed by atoms with Gasteiger partial charge in [0.2, 0.25) is 0 Å². The van der Waals surface area contributed by atoms with Gasteiger partial charge in [0.1, 0.15) is 12.7 Å². The van der Waals surface area contributed by atoms with Gasteiger partial charge in [-0.3, -0.25) is 4.79 Å². The molecule has 0 aliphatic heterocycles. The van der Waals surface area contributed by atoms with E-state index in [2.05, 4.69) is 15.4 Å². The Kier molecular flexibility index (Phi) is 6.01. The second-order valence-corrected chi connectivity index (χ2v) is 6.30. The van der Waals surface area contributed by atoms with Gasteiger partial charge in [-0.1, -0.05) is 12.1 Å². The largest absolute Gasteiger partial charge is 0.452 e. The summed E-state index contributed by atoms with van der Waals surface area (Å²) in [6.45, 7) is 0.0378. The molecule has 8 nitrogen and oxygen atoms in total. The van der Waals surface area contributed by atoms with Crippen LogP contribution >= 0.6 is 0 Å². The summed E-state index contributed by atoms with van der Waals surface area (Å²) in [7, 11) is 3.93. The summed E-state index contributed by atoms with van der Waals surface area (Å²) in [4.78, 5) is 29.9. The zero-order valence-electron chi connectivity index (χ0n) is 15.7. The molecule has 0 saturated carbocycles. The number of nitrogens with zero attached hydrogens (tertiary/aromatic N) is 4. The summed E-state index contributed by atoms with van der Waals surface area (Å²) < 4.78 is 6.64. The van der Waals surface area contributed by atoms with Gasteiger partial charge in [0.25, 0.3) is 5.91 Å². The Balaban J connectivity index is 1.45. The first-order valence-corrected chi connectivity index (χ1v) is 8.68. The summed E-state index contributed by atoms with van der Waals surface area (Å²) in [5.41, 5.74) is 3.18. The molecule has 1 aromatic heterocycles. The van der Waals surface area contributed by atoms with Gasteiger partial charge in [-0.15, -0.1) is 0 Å². The van der Waals surface area contributed by atoms with Crippen molar-refractivity contribution in [2.75, 3.05) is 25.6 Å². The highest BCUT2D eigenvalue weighted by molar-refractivity contribution is 5.91. The Morgan fingerprint density at radius 3 is 2.39 bits per heavy atom. The zero-order chi connectivity index (χ0) is 19.9. The van der Waals surface area contributed by atoms with Gasteiger partial charge < -0.3 is 15.0 Å². The summed E-state index contributed by atoms with van der Waals surface area (Å²) in [5, 5.41) is 6.75. The summed E-state index contributed by atoms with van der Waals surface area (Å²) in [6.07, 6.45) is 2.99. The quantitative estimate of drug-likeness (QED) is 0.630. The van der Waals surface area contributed by atoms with E-state index in [-0.39, 0.29) is 12.5 Å². The fraction of sp³-hybridized carbons (Fsp3) is 0.200. The number of aromatic nitrogens is 3. The Labute approximate surface area is 162 Å². The van der Waals surface area contributed by atoms with Crippen molar-refractivity contribution in [1.82, 2.24) is 20.1 Å². The smallest absolute Gasteiger partial charge is 0.338 e. The van der Waals surface area contributed by atoms with Gasteiger partial charge in [0, 0.05) is 26.3 Å². The first-order chi connectivity index (χ1) is 13.5. The first kappa shape index (κ1) is 19.1. The lowest BCUT2D eigenvalue weighted by molar-refractivity contribution is -0.124. The molecule has 0 spiro atoms. The number of rotatable bonds is 7. The molecule has 8 heteroatoms. The Morgan fingerprint density at radius 1 is 1.07 bits per heavy atom. The Morgan fingerprint density at radius 2 is 1.79 bits per heavy atom. The molecule has 1 N–H and O–H groups in total. The number of hydrogen-bond acceptors (Lipinski definition) is 6. The lowest BCUT2D eigenvalue weighted by Gasteiger charge is -2.13. The number of esters is 1. The van der Waals surface area contributed by atoms with E-state index in [4.69, 9.17) is 4.74 Å². The summed E-state index contributed by atoms with van der Waals surface area (Å²) in [5.74, 6) is -0.917. The van der Waals surface area contributed by atoms with E-state index >= 15 is 0 Å². The SMILES string of the molecule is CN(C)c1ccc(CNC(=O)COC(=O)c2ccc(-n3cncn3)cc2)cc1. The maximum Gasteiger partial charge on any atom is 0.338 e. The number of benzene rings is 2. The predicted molar refractivity (Wildman–Crippen MR) is 104 cm³/mol. The van der Waals surface area contributed by atoms with Gasteiger partial charge >= 0.3 is 5.97 Å². The van der Waals surface area contributed by atoms with Crippen molar-refractivity contribution in [2.24, 2.45) is 0 Å². The van der Waals surface area contributed by atoms with E-state index in [1.807, 2.05) is 43.3 Å². The highest BCUT2D eigenvalue weighted by Gasteiger charge is 2.10. The monoisotopic (exact) mass is 379 g/mol. The van der Waals surface area contributed by atoms with E-state index < -0.39 is 5.97 Å². The first-order valence-electron chi connectivity index (χ1n) is 8.68. The molecule has 3 rings (SSSR count). The van der Waals surface area contributed by atoms with Crippen LogP contribution in [0.25, 0.3) is 5.69 Å². The number of carbonyl (C=O) groups is 2. The molecular weight excluding hydrogens is 358 g/mol. The van der Waals surface area contributed by atoms with Crippen molar-refractivity contribution in [2.45, 2.75) is 6.54 Å². The van der Waals surface area contributed by atoms with E-state index in [1.54, 1.807) is 35.3 Å². The average Bonchev–Trinajstić information content (AvgIpc) is 3.25. The molecule has 2 aromatic carbocycles. The van der Waals surface area contributed by atoms with Crippen LogP contribution in [0.15, 0.2) is 61.2 Å². The minimum Gasteiger partial charge on any atom is -0.452 e. The third kappa shape index (κ3) is 4.94. The number of amides is 1. The predicted octanol–water partition coefficient (Wildman–Crippen LogP) is 1.81. The number of carbonyl (C=O) groups excluding carboxylic acids is 2. The molecule has 1 heterocycles. The fourth-order valence-electron chi connectivity index (χ4n) is 2.47. The maximum atomic E-state index is 12.1.